The Hall–Kier alpha value is -2.74. The van der Waals surface area contributed by atoms with E-state index in [1.165, 1.54) is 30.5 Å². The van der Waals surface area contributed by atoms with Gasteiger partial charge in [-0.25, -0.2) is 5.43 Å². The summed E-state index contributed by atoms with van der Waals surface area (Å²) in [5, 5.41) is 24.9. The van der Waals surface area contributed by atoms with Crippen molar-refractivity contribution < 1.29 is 14.8 Å². The molecular formula is C18H18BrN3O4. The van der Waals surface area contributed by atoms with Crippen LogP contribution < -0.4 is 5.43 Å². The third kappa shape index (κ3) is 4.66. The van der Waals surface area contributed by atoms with Gasteiger partial charge in [-0.3, -0.25) is 14.9 Å². The number of halogens is 1. The molecule has 0 saturated carbocycles. The molecule has 0 saturated heterocycles. The van der Waals surface area contributed by atoms with Crippen molar-refractivity contribution in [2.24, 2.45) is 5.10 Å². The highest BCUT2D eigenvalue weighted by Gasteiger charge is 2.20. The lowest BCUT2D eigenvalue weighted by molar-refractivity contribution is -0.384. The number of aromatic hydroxyl groups is 1. The van der Waals surface area contributed by atoms with E-state index in [0.717, 1.165) is 10.0 Å². The second kappa shape index (κ2) is 7.65. The average molecular weight is 420 g/mol. The van der Waals surface area contributed by atoms with Crippen LogP contribution in [0.25, 0.3) is 0 Å². The molecule has 2 N–H and O–H groups in total. The summed E-state index contributed by atoms with van der Waals surface area (Å²) in [7, 11) is 0. The third-order valence-electron chi connectivity index (χ3n) is 3.62. The highest BCUT2D eigenvalue weighted by atomic mass is 79.9. The molecule has 1 amide bonds. The number of nitrogens with one attached hydrogen (secondary N) is 1. The normalized spacial score (nSPS) is 11.5. The van der Waals surface area contributed by atoms with E-state index in [0.29, 0.717) is 5.56 Å². The lowest BCUT2D eigenvalue weighted by Gasteiger charge is -2.21. The number of carbonyl (C=O) groups excluding carboxylic acids is 1. The van der Waals surface area contributed by atoms with Gasteiger partial charge in [0, 0.05) is 33.3 Å². The standard InChI is InChI=1S/C18H18BrN3O4/c1-18(2,3)15-9-13(19)8-12(16(15)23)10-20-21-17(24)11-4-6-14(7-5-11)22(25)26/h4-10,23H,1-3H3,(H,21,24). The van der Waals surface area contributed by atoms with Gasteiger partial charge in [-0.05, 0) is 29.7 Å². The first-order valence-electron chi connectivity index (χ1n) is 7.70. The van der Waals surface area contributed by atoms with Gasteiger partial charge in [0.2, 0.25) is 0 Å². The van der Waals surface area contributed by atoms with Gasteiger partial charge >= 0.3 is 0 Å². The summed E-state index contributed by atoms with van der Waals surface area (Å²) < 4.78 is 0.781. The fourth-order valence-corrected chi connectivity index (χ4v) is 2.73. The first kappa shape index (κ1) is 19.6. The van der Waals surface area contributed by atoms with Gasteiger partial charge < -0.3 is 5.11 Å². The summed E-state index contributed by atoms with van der Waals surface area (Å²) in [5.41, 5.74) is 3.41. The highest BCUT2D eigenvalue weighted by molar-refractivity contribution is 9.10. The summed E-state index contributed by atoms with van der Waals surface area (Å²) in [6.07, 6.45) is 1.35. The Kier molecular flexibility index (Phi) is 5.76. The van der Waals surface area contributed by atoms with Crippen LogP contribution in [0.15, 0.2) is 46.0 Å². The zero-order valence-electron chi connectivity index (χ0n) is 14.5. The SMILES string of the molecule is CC(C)(C)c1cc(Br)cc(C=NNC(=O)c2ccc([N+](=O)[O-])cc2)c1O. The van der Waals surface area contributed by atoms with Gasteiger partial charge in [0.1, 0.15) is 5.75 Å². The van der Waals surface area contributed by atoms with E-state index in [4.69, 9.17) is 0 Å². The molecule has 0 spiro atoms. The molecule has 136 valence electrons. The molecule has 0 radical (unpaired) electrons. The molecule has 2 rings (SSSR count). The van der Waals surface area contributed by atoms with Crippen LogP contribution in [0.2, 0.25) is 0 Å². The van der Waals surface area contributed by atoms with Gasteiger partial charge in [-0.15, -0.1) is 0 Å². The number of amides is 1. The third-order valence-corrected chi connectivity index (χ3v) is 4.08. The number of hydrazone groups is 1. The van der Waals surface area contributed by atoms with Crippen LogP contribution in [-0.4, -0.2) is 22.2 Å². The van der Waals surface area contributed by atoms with Crippen LogP contribution in [0.5, 0.6) is 5.75 Å². The van der Waals surface area contributed by atoms with Crippen molar-refractivity contribution in [2.75, 3.05) is 0 Å². The molecular weight excluding hydrogens is 402 g/mol. The number of benzene rings is 2. The number of nitrogens with zero attached hydrogens (tertiary/aromatic N) is 2. The van der Waals surface area contributed by atoms with Crippen molar-refractivity contribution in [1.29, 1.82) is 0 Å². The summed E-state index contributed by atoms with van der Waals surface area (Å²) in [6.45, 7) is 5.93. The Morgan fingerprint density at radius 3 is 2.42 bits per heavy atom. The van der Waals surface area contributed by atoms with Crippen LogP contribution in [0.3, 0.4) is 0 Å². The van der Waals surface area contributed by atoms with E-state index < -0.39 is 10.8 Å². The minimum absolute atomic E-state index is 0.0917. The smallest absolute Gasteiger partial charge is 0.271 e. The number of carbonyl (C=O) groups is 1. The van der Waals surface area contributed by atoms with Crippen molar-refractivity contribution in [3.63, 3.8) is 0 Å². The number of phenolic OH excluding ortho intramolecular Hbond substituents is 1. The monoisotopic (exact) mass is 419 g/mol. The van der Waals surface area contributed by atoms with E-state index in [-0.39, 0.29) is 22.4 Å². The number of non-ortho nitro benzene ring substituents is 1. The second-order valence-electron chi connectivity index (χ2n) is 6.64. The number of nitro groups is 1. The molecule has 0 unspecified atom stereocenters. The number of nitro benzene ring substituents is 1. The number of hydrogen-bond acceptors (Lipinski definition) is 5. The van der Waals surface area contributed by atoms with Crippen molar-refractivity contribution in [2.45, 2.75) is 26.2 Å². The lowest BCUT2D eigenvalue weighted by atomic mass is 9.85. The zero-order valence-corrected chi connectivity index (χ0v) is 16.1. The maximum absolute atomic E-state index is 12.0. The summed E-state index contributed by atoms with van der Waals surface area (Å²) in [4.78, 5) is 22.1. The lowest BCUT2D eigenvalue weighted by Crippen LogP contribution is -2.17. The van der Waals surface area contributed by atoms with E-state index >= 15 is 0 Å². The molecule has 0 aromatic heterocycles. The van der Waals surface area contributed by atoms with Gasteiger partial charge in [-0.2, -0.15) is 5.10 Å². The molecule has 2 aromatic rings. The van der Waals surface area contributed by atoms with Gasteiger partial charge in [0.15, 0.2) is 0 Å². The van der Waals surface area contributed by atoms with Crippen LogP contribution in [0, 0.1) is 10.1 Å². The zero-order chi connectivity index (χ0) is 19.5. The number of hydrogen-bond donors (Lipinski definition) is 2. The Balaban J connectivity index is 2.16. The first-order valence-corrected chi connectivity index (χ1v) is 8.50. The minimum Gasteiger partial charge on any atom is -0.507 e. The first-order chi connectivity index (χ1) is 12.1. The molecule has 7 nitrogen and oxygen atoms in total. The highest BCUT2D eigenvalue weighted by Crippen LogP contribution is 2.35. The Morgan fingerprint density at radius 2 is 1.88 bits per heavy atom. The van der Waals surface area contributed by atoms with Crippen molar-refractivity contribution in [1.82, 2.24) is 5.43 Å². The predicted molar refractivity (Wildman–Crippen MR) is 103 cm³/mol. The second-order valence-corrected chi connectivity index (χ2v) is 7.56. The Bertz CT molecular complexity index is 871. The number of rotatable bonds is 4. The van der Waals surface area contributed by atoms with Crippen LogP contribution in [0.1, 0.15) is 42.3 Å². The molecule has 2 aromatic carbocycles. The molecule has 0 aliphatic heterocycles. The summed E-state index contributed by atoms with van der Waals surface area (Å²) in [5.74, 6) is -0.421. The van der Waals surface area contributed by atoms with E-state index in [2.05, 4.69) is 26.5 Å². The van der Waals surface area contributed by atoms with Gasteiger partial charge in [-0.1, -0.05) is 36.7 Å². The fourth-order valence-electron chi connectivity index (χ4n) is 2.25. The predicted octanol–water partition coefficient (Wildman–Crippen LogP) is 4.12. The minimum atomic E-state index is -0.539. The van der Waals surface area contributed by atoms with Gasteiger partial charge in [0.25, 0.3) is 11.6 Å². The maximum atomic E-state index is 12.0. The van der Waals surface area contributed by atoms with E-state index in [1.54, 1.807) is 6.07 Å². The Morgan fingerprint density at radius 1 is 1.27 bits per heavy atom. The van der Waals surface area contributed by atoms with Crippen molar-refractivity contribution in [3.8, 4) is 5.75 Å². The summed E-state index contributed by atoms with van der Waals surface area (Å²) in [6, 6.07) is 8.70. The largest absolute Gasteiger partial charge is 0.507 e. The molecule has 26 heavy (non-hydrogen) atoms. The topological polar surface area (TPSA) is 105 Å². The quantitative estimate of drug-likeness (QED) is 0.441. The van der Waals surface area contributed by atoms with E-state index in [1.807, 2.05) is 26.8 Å². The molecule has 0 atom stereocenters. The molecule has 0 heterocycles. The number of phenols is 1. The Labute approximate surface area is 159 Å². The van der Waals surface area contributed by atoms with E-state index in [9.17, 15) is 20.0 Å². The van der Waals surface area contributed by atoms with Crippen LogP contribution >= 0.6 is 15.9 Å². The fraction of sp³-hybridized carbons (Fsp3) is 0.222. The molecule has 0 aliphatic carbocycles. The molecule has 0 fully saturated rings. The molecule has 0 bridgehead atoms. The van der Waals surface area contributed by atoms with Crippen LogP contribution in [-0.2, 0) is 5.41 Å². The maximum Gasteiger partial charge on any atom is 0.271 e. The molecule has 0 aliphatic rings. The average Bonchev–Trinajstić information content (AvgIpc) is 2.56. The van der Waals surface area contributed by atoms with Crippen molar-refractivity contribution >= 4 is 33.7 Å². The van der Waals surface area contributed by atoms with Crippen LogP contribution in [0.4, 0.5) is 5.69 Å². The van der Waals surface area contributed by atoms with Gasteiger partial charge in [0.05, 0.1) is 11.1 Å². The van der Waals surface area contributed by atoms with Crippen molar-refractivity contribution in [3.05, 3.63) is 67.7 Å². The summed E-state index contributed by atoms with van der Waals surface area (Å²) >= 11 is 3.40. The molecule has 8 heteroatoms.